The van der Waals surface area contributed by atoms with Gasteiger partial charge < -0.3 is 39.0 Å². The fourth-order valence-corrected chi connectivity index (χ4v) is 8.21. The molecule has 1 fully saturated rings. The predicted octanol–water partition coefficient (Wildman–Crippen LogP) is 14.9. The monoisotopic (exact) mass is 1050 g/mol. The van der Waals surface area contributed by atoms with Crippen molar-refractivity contribution in [1.82, 2.24) is 0 Å². The number of hydrogen-bond acceptors (Lipinski definition) is 11. The number of aliphatic hydroxyl groups excluding tert-OH is 2. The van der Waals surface area contributed by atoms with E-state index in [0.717, 1.165) is 103 Å². The van der Waals surface area contributed by atoms with Gasteiger partial charge >= 0.3 is 23.9 Å². The number of aliphatic hydroxyl groups is 2. The van der Waals surface area contributed by atoms with Crippen molar-refractivity contribution < 1.29 is 58.2 Å². The van der Waals surface area contributed by atoms with Gasteiger partial charge in [-0.15, -0.1) is 0 Å². The smallest absolute Gasteiger partial charge is 0.335 e. The highest BCUT2D eigenvalue weighted by atomic mass is 16.7. The number of aliphatic carboxylic acids is 1. The van der Waals surface area contributed by atoms with Crippen LogP contribution in [0.4, 0.5) is 0 Å². The average Bonchev–Trinajstić information content (AvgIpc) is 3.39. The summed E-state index contributed by atoms with van der Waals surface area (Å²) in [6.07, 6.45) is 54.0. The molecule has 0 spiro atoms. The number of hydrogen-bond donors (Lipinski definition) is 3. The van der Waals surface area contributed by atoms with Crippen molar-refractivity contribution in [3.8, 4) is 0 Å². The molecule has 3 N–H and O–H groups in total. The van der Waals surface area contributed by atoms with Gasteiger partial charge in [0.25, 0.3) is 0 Å². The van der Waals surface area contributed by atoms with Crippen molar-refractivity contribution in [2.45, 2.75) is 263 Å². The molecule has 0 radical (unpaired) electrons. The van der Waals surface area contributed by atoms with Crippen molar-refractivity contribution in [1.29, 1.82) is 0 Å². The van der Waals surface area contributed by atoms with Crippen LogP contribution in [0.1, 0.15) is 226 Å². The summed E-state index contributed by atoms with van der Waals surface area (Å²) < 4.78 is 28.3. The Morgan fingerprint density at radius 2 is 0.867 bits per heavy atom. The number of carbonyl (C=O) groups is 4. The van der Waals surface area contributed by atoms with E-state index >= 15 is 0 Å². The molecule has 0 aliphatic carbocycles. The topological polar surface area (TPSA) is 175 Å². The molecule has 0 amide bonds. The van der Waals surface area contributed by atoms with Gasteiger partial charge in [0, 0.05) is 19.3 Å². The minimum atomic E-state index is -1.93. The van der Waals surface area contributed by atoms with Crippen LogP contribution in [0.5, 0.6) is 0 Å². The standard InChI is InChI=1S/C63H102O12/c1-4-7-10-13-16-19-22-25-27-28-30-32-34-37-40-43-46-49-55(64)71-52-54(73-56(65)50-47-44-41-38-36-33-29-26-23-20-17-14-11-8-5-2)53-72-63-61(59(68)58(67)60(75-63)62(69)70)74-57(66)51-48-45-42-39-35-31-24-21-18-15-12-9-6-3/h8-9,11-12,17-18,20-21,25-27,29,31,35,42,45,54,58-61,63,67-68H,4-7,10,13-16,19,22-24,28,30,32-34,36-41,43-44,46-53H2,1-3H3,(H,69,70)/b11-8-,12-9-,20-17-,21-18-,27-25-,29-26-,35-31-,45-42-. The van der Waals surface area contributed by atoms with Crippen LogP contribution in [0.2, 0.25) is 0 Å². The lowest BCUT2D eigenvalue weighted by molar-refractivity contribution is -0.301. The maximum Gasteiger partial charge on any atom is 0.335 e. The fourth-order valence-electron chi connectivity index (χ4n) is 8.21. The first-order valence-corrected chi connectivity index (χ1v) is 29.2. The molecule has 1 rings (SSSR count). The van der Waals surface area contributed by atoms with Gasteiger partial charge in [-0.25, -0.2) is 4.79 Å². The van der Waals surface area contributed by atoms with E-state index in [9.17, 15) is 34.5 Å². The van der Waals surface area contributed by atoms with E-state index in [1.54, 1.807) is 0 Å². The third kappa shape index (κ3) is 40.6. The summed E-state index contributed by atoms with van der Waals surface area (Å²) in [7, 11) is 0. The van der Waals surface area contributed by atoms with Crippen LogP contribution < -0.4 is 0 Å². The maximum atomic E-state index is 13.1. The van der Waals surface area contributed by atoms with E-state index in [0.29, 0.717) is 25.7 Å². The zero-order valence-electron chi connectivity index (χ0n) is 46.8. The molecule has 0 aromatic heterocycles. The van der Waals surface area contributed by atoms with Crippen LogP contribution in [0.15, 0.2) is 97.2 Å². The van der Waals surface area contributed by atoms with Crippen LogP contribution in [0.25, 0.3) is 0 Å². The van der Waals surface area contributed by atoms with Crippen molar-refractivity contribution >= 4 is 23.9 Å². The molecule has 1 heterocycles. The molecular formula is C63H102O12. The molecule has 0 aromatic carbocycles. The molecule has 75 heavy (non-hydrogen) atoms. The van der Waals surface area contributed by atoms with Gasteiger partial charge in [0.1, 0.15) is 18.8 Å². The Hall–Kier alpha value is -4.36. The lowest BCUT2D eigenvalue weighted by Gasteiger charge is -2.40. The first-order valence-electron chi connectivity index (χ1n) is 29.2. The largest absolute Gasteiger partial charge is 0.479 e. The molecule has 0 bridgehead atoms. The molecule has 1 saturated heterocycles. The number of carbonyl (C=O) groups excluding carboxylic acids is 3. The van der Waals surface area contributed by atoms with E-state index in [4.69, 9.17) is 23.7 Å². The minimum absolute atomic E-state index is 0.0669. The van der Waals surface area contributed by atoms with Gasteiger partial charge in [-0.2, -0.15) is 0 Å². The van der Waals surface area contributed by atoms with E-state index < -0.39 is 67.3 Å². The van der Waals surface area contributed by atoms with Crippen LogP contribution in [0, 0.1) is 0 Å². The molecular weight excluding hydrogens is 949 g/mol. The second-order valence-electron chi connectivity index (χ2n) is 19.5. The summed E-state index contributed by atoms with van der Waals surface area (Å²) in [4.78, 5) is 51.0. The third-order valence-electron chi connectivity index (χ3n) is 12.6. The summed E-state index contributed by atoms with van der Waals surface area (Å²) in [6.45, 7) is 5.70. The number of carboxylic acid groups (broad SMARTS) is 1. The lowest BCUT2D eigenvalue weighted by atomic mass is 9.98. The van der Waals surface area contributed by atoms with Gasteiger partial charge in [-0.05, 0) is 103 Å². The van der Waals surface area contributed by atoms with E-state index in [-0.39, 0.29) is 25.9 Å². The summed E-state index contributed by atoms with van der Waals surface area (Å²) >= 11 is 0. The fraction of sp³-hybridized carbons (Fsp3) is 0.683. The molecule has 0 saturated carbocycles. The number of unbranched alkanes of at least 4 members (excludes halogenated alkanes) is 18. The first kappa shape index (κ1) is 68.7. The lowest BCUT2D eigenvalue weighted by Crippen LogP contribution is -2.61. The Bertz CT molecular complexity index is 1670. The predicted molar refractivity (Wildman–Crippen MR) is 303 cm³/mol. The molecule has 0 aromatic rings. The van der Waals surface area contributed by atoms with Crippen molar-refractivity contribution in [2.75, 3.05) is 13.2 Å². The Labute approximate surface area is 453 Å². The average molecular weight is 1050 g/mol. The molecule has 6 unspecified atom stereocenters. The normalized spacial score (nSPS) is 18.9. The molecule has 12 nitrogen and oxygen atoms in total. The first-order chi connectivity index (χ1) is 36.6. The second kappa shape index (κ2) is 50.5. The van der Waals surface area contributed by atoms with E-state index in [1.807, 2.05) is 18.2 Å². The number of allylic oxidation sites excluding steroid dienone is 16. The molecule has 12 heteroatoms. The molecule has 426 valence electrons. The Morgan fingerprint density at radius 1 is 0.453 bits per heavy atom. The second-order valence-corrected chi connectivity index (χ2v) is 19.5. The third-order valence-corrected chi connectivity index (χ3v) is 12.6. The Kier molecular flexibility index (Phi) is 46.2. The van der Waals surface area contributed by atoms with Crippen molar-refractivity contribution in [2.24, 2.45) is 0 Å². The summed E-state index contributed by atoms with van der Waals surface area (Å²) in [5, 5.41) is 31.4. The van der Waals surface area contributed by atoms with Crippen molar-refractivity contribution in [3.05, 3.63) is 97.2 Å². The number of ether oxygens (including phenoxy) is 5. The highest BCUT2D eigenvalue weighted by molar-refractivity contribution is 5.74. The van der Waals surface area contributed by atoms with E-state index in [2.05, 4.69) is 99.8 Å². The SMILES string of the molecule is CC/C=C\C/C=C\C/C=C\C/C=C\CCC(=O)OC1C(OCC(COC(=O)CCCCCCCCC/C=C\CCCCCCCC)OC(=O)CCCCCCC/C=C\C/C=C\C/C=C\CC)OC(C(=O)O)C(O)C1O. The quantitative estimate of drug-likeness (QED) is 0.0228. The number of esters is 3. The van der Waals surface area contributed by atoms with Crippen LogP contribution >= 0.6 is 0 Å². The number of rotatable bonds is 48. The van der Waals surface area contributed by atoms with Crippen LogP contribution in [-0.4, -0.2) is 89.2 Å². The summed E-state index contributed by atoms with van der Waals surface area (Å²) in [6, 6.07) is 0. The van der Waals surface area contributed by atoms with Crippen LogP contribution in [0.3, 0.4) is 0 Å². The van der Waals surface area contributed by atoms with Gasteiger partial charge in [0.05, 0.1) is 6.61 Å². The summed E-state index contributed by atoms with van der Waals surface area (Å²) in [5.74, 6) is -3.26. The van der Waals surface area contributed by atoms with Gasteiger partial charge in [-0.1, -0.05) is 201 Å². The Balaban J connectivity index is 2.74. The zero-order valence-corrected chi connectivity index (χ0v) is 46.8. The minimum Gasteiger partial charge on any atom is -0.479 e. The molecule has 6 atom stereocenters. The number of carboxylic acids is 1. The highest BCUT2D eigenvalue weighted by Gasteiger charge is 2.50. The highest BCUT2D eigenvalue weighted by Crippen LogP contribution is 2.26. The van der Waals surface area contributed by atoms with Gasteiger partial charge in [-0.3, -0.25) is 14.4 Å². The van der Waals surface area contributed by atoms with Crippen LogP contribution in [-0.2, 0) is 42.9 Å². The Morgan fingerprint density at radius 3 is 1.35 bits per heavy atom. The molecule has 1 aliphatic rings. The van der Waals surface area contributed by atoms with Gasteiger partial charge in [0.15, 0.2) is 24.6 Å². The van der Waals surface area contributed by atoms with E-state index in [1.165, 1.54) is 57.8 Å². The summed E-state index contributed by atoms with van der Waals surface area (Å²) in [5.41, 5.74) is 0. The zero-order chi connectivity index (χ0) is 54.7. The molecule has 1 aliphatic heterocycles. The van der Waals surface area contributed by atoms with Crippen molar-refractivity contribution in [3.63, 3.8) is 0 Å². The maximum absolute atomic E-state index is 13.1. The van der Waals surface area contributed by atoms with Gasteiger partial charge in [0.2, 0.25) is 0 Å².